The summed E-state index contributed by atoms with van der Waals surface area (Å²) in [6.45, 7) is 6.53. The van der Waals surface area contributed by atoms with Gasteiger partial charge in [-0.1, -0.05) is 36.4 Å². The van der Waals surface area contributed by atoms with Crippen LogP contribution in [0.1, 0.15) is 40.2 Å². The second kappa shape index (κ2) is 9.89. The summed E-state index contributed by atoms with van der Waals surface area (Å²) in [5.74, 6) is 0.596. The molecule has 3 aliphatic rings. The van der Waals surface area contributed by atoms with Crippen LogP contribution in [-0.4, -0.2) is 66.4 Å². The molecule has 194 valence electrons. The molecule has 0 atom stereocenters. The summed E-state index contributed by atoms with van der Waals surface area (Å²) in [4.78, 5) is 18.1. The minimum atomic E-state index is -0.0624. The minimum absolute atomic E-state index is 0.0624. The highest BCUT2D eigenvalue weighted by Crippen LogP contribution is 2.41. The average molecular weight is 508 g/mol. The molecule has 0 bridgehead atoms. The number of fused-ring (bicyclic) bond motifs is 1. The molecule has 2 saturated heterocycles. The van der Waals surface area contributed by atoms with Gasteiger partial charge in [0.2, 0.25) is 0 Å². The van der Waals surface area contributed by atoms with Crippen molar-refractivity contribution in [1.29, 1.82) is 0 Å². The van der Waals surface area contributed by atoms with E-state index >= 15 is 0 Å². The van der Waals surface area contributed by atoms with Crippen molar-refractivity contribution in [3.63, 3.8) is 0 Å². The molecule has 1 amide bonds. The van der Waals surface area contributed by atoms with Gasteiger partial charge in [-0.05, 0) is 60.2 Å². The Morgan fingerprint density at radius 1 is 0.974 bits per heavy atom. The maximum absolute atomic E-state index is 13.1. The van der Waals surface area contributed by atoms with Gasteiger partial charge in [0.15, 0.2) is 0 Å². The highest BCUT2D eigenvalue weighted by Gasteiger charge is 2.29. The van der Waals surface area contributed by atoms with Crippen LogP contribution in [0.2, 0.25) is 0 Å². The lowest BCUT2D eigenvalue weighted by Gasteiger charge is -2.43. The van der Waals surface area contributed by atoms with Gasteiger partial charge < -0.3 is 15.0 Å². The van der Waals surface area contributed by atoms with Crippen LogP contribution in [0.15, 0.2) is 66.7 Å². The number of aromatic amines is 1. The second-order valence-electron chi connectivity index (χ2n) is 10.7. The smallest absolute Gasteiger partial charge is 0.251 e. The van der Waals surface area contributed by atoms with E-state index in [0.29, 0.717) is 24.1 Å². The predicted molar refractivity (Wildman–Crippen MR) is 150 cm³/mol. The van der Waals surface area contributed by atoms with Gasteiger partial charge in [-0.25, -0.2) is 0 Å². The highest BCUT2D eigenvalue weighted by atomic mass is 16.5. The first-order chi connectivity index (χ1) is 18.7. The Hall–Kier alpha value is -3.68. The maximum Gasteiger partial charge on any atom is 0.251 e. The van der Waals surface area contributed by atoms with Crippen LogP contribution in [-0.2, 0) is 11.3 Å². The summed E-state index contributed by atoms with van der Waals surface area (Å²) < 4.78 is 5.36. The first kappa shape index (κ1) is 23.4. The van der Waals surface area contributed by atoms with Gasteiger partial charge in [0.1, 0.15) is 0 Å². The standard InChI is InChI=1S/C31H33N5O2/c37-31(32-18-24-3-1-2-4-27(24)21-5-6-21)23-9-12-29-28(17-23)30(34-33-29)22-7-10-25(11-8-22)35-13-15-36(16-14-35)26-19-38-20-26/h1-4,7-12,17,21,26H,5-6,13-16,18-20H2,(H,32,37)(H,33,34). The fraction of sp³-hybridized carbons (Fsp3) is 0.355. The molecule has 3 aromatic carbocycles. The molecular formula is C31H33N5O2. The van der Waals surface area contributed by atoms with E-state index in [-0.39, 0.29) is 5.91 Å². The number of H-pyrrole nitrogens is 1. The van der Waals surface area contributed by atoms with Crippen LogP contribution >= 0.6 is 0 Å². The SMILES string of the molecule is O=C(NCc1ccccc1C1CC1)c1ccc2[nH]nc(-c3ccc(N4CCN(C5COC5)CC4)cc3)c2c1. The van der Waals surface area contributed by atoms with E-state index in [1.807, 2.05) is 24.3 Å². The number of hydrogen-bond acceptors (Lipinski definition) is 5. The van der Waals surface area contributed by atoms with Crippen LogP contribution in [0.4, 0.5) is 5.69 Å². The van der Waals surface area contributed by atoms with Crippen LogP contribution in [0.3, 0.4) is 0 Å². The number of amides is 1. The average Bonchev–Trinajstić information content (AvgIpc) is 3.70. The van der Waals surface area contributed by atoms with Gasteiger partial charge in [-0.3, -0.25) is 14.8 Å². The van der Waals surface area contributed by atoms with E-state index in [9.17, 15) is 4.79 Å². The molecular weight excluding hydrogens is 474 g/mol. The van der Waals surface area contributed by atoms with Gasteiger partial charge in [0.05, 0.1) is 30.5 Å². The molecule has 0 spiro atoms. The number of benzene rings is 3. The molecule has 0 radical (unpaired) electrons. The van der Waals surface area contributed by atoms with Gasteiger partial charge >= 0.3 is 0 Å². The fourth-order valence-electron chi connectivity index (χ4n) is 5.75. The predicted octanol–water partition coefficient (Wildman–Crippen LogP) is 4.56. The molecule has 4 aromatic rings. The molecule has 7 heteroatoms. The third-order valence-electron chi connectivity index (χ3n) is 8.29. The monoisotopic (exact) mass is 507 g/mol. The van der Waals surface area contributed by atoms with E-state index < -0.39 is 0 Å². The lowest BCUT2D eigenvalue weighted by atomic mass is 10.0. The summed E-state index contributed by atoms with van der Waals surface area (Å²) in [5, 5.41) is 11.8. The fourth-order valence-corrected chi connectivity index (χ4v) is 5.75. The lowest BCUT2D eigenvalue weighted by Crippen LogP contribution is -2.56. The van der Waals surface area contributed by atoms with Crippen LogP contribution in [0.5, 0.6) is 0 Å². The van der Waals surface area contributed by atoms with Crippen LogP contribution in [0, 0.1) is 0 Å². The molecule has 3 fully saturated rings. The largest absolute Gasteiger partial charge is 0.378 e. The molecule has 3 heterocycles. The Morgan fingerprint density at radius 3 is 2.50 bits per heavy atom. The maximum atomic E-state index is 13.1. The molecule has 1 saturated carbocycles. The topological polar surface area (TPSA) is 73.5 Å². The van der Waals surface area contributed by atoms with Crippen molar-refractivity contribution < 1.29 is 9.53 Å². The summed E-state index contributed by atoms with van der Waals surface area (Å²) in [5.41, 5.74) is 7.32. The summed E-state index contributed by atoms with van der Waals surface area (Å²) >= 11 is 0. The summed E-state index contributed by atoms with van der Waals surface area (Å²) in [6, 6.07) is 23.5. The van der Waals surface area contributed by atoms with Crippen molar-refractivity contribution >= 4 is 22.5 Å². The Balaban J connectivity index is 1.05. The minimum Gasteiger partial charge on any atom is -0.378 e. The normalized spacial score (nSPS) is 18.5. The van der Waals surface area contributed by atoms with Crippen molar-refractivity contribution in [2.24, 2.45) is 0 Å². The number of hydrogen-bond donors (Lipinski definition) is 2. The van der Waals surface area contributed by atoms with Gasteiger partial charge in [-0.15, -0.1) is 0 Å². The molecule has 2 aliphatic heterocycles. The van der Waals surface area contributed by atoms with Crippen molar-refractivity contribution in [2.75, 3.05) is 44.3 Å². The van der Waals surface area contributed by atoms with Gasteiger partial charge in [0.25, 0.3) is 5.91 Å². The van der Waals surface area contributed by atoms with E-state index in [1.54, 1.807) is 0 Å². The quantitative estimate of drug-likeness (QED) is 0.384. The lowest BCUT2D eigenvalue weighted by molar-refractivity contribution is -0.0660. The van der Waals surface area contributed by atoms with E-state index in [1.165, 1.54) is 29.7 Å². The summed E-state index contributed by atoms with van der Waals surface area (Å²) in [7, 11) is 0. The van der Waals surface area contributed by atoms with Gasteiger partial charge in [-0.2, -0.15) is 5.10 Å². The zero-order chi connectivity index (χ0) is 25.5. The van der Waals surface area contributed by atoms with Crippen molar-refractivity contribution in [3.8, 4) is 11.3 Å². The van der Waals surface area contributed by atoms with Gasteiger partial charge in [0, 0.05) is 54.9 Å². The third kappa shape index (κ3) is 4.57. The number of aromatic nitrogens is 2. The molecule has 2 N–H and O–H groups in total. The second-order valence-corrected chi connectivity index (χ2v) is 10.7. The van der Waals surface area contributed by atoms with Crippen molar-refractivity contribution in [1.82, 2.24) is 20.4 Å². The number of nitrogens with zero attached hydrogens (tertiary/aromatic N) is 3. The number of carbonyl (C=O) groups is 1. The van der Waals surface area contributed by atoms with E-state index in [2.05, 4.69) is 67.8 Å². The number of anilines is 1. The zero-order valence-corrected chi connectivity index (χ0v) is 21.5. The molecule has 1 aromatic heterocycles. The van der Waals surface area contributed by atoms with E-state index in [4.69, 9.17) is 4.74 Å². The molecule has 38 heavy (non-hydrogen) atoms. The van der Waals surface area contributed by atoms with Crippen molar-refractivity contribution in [3.05, 3.63) is 83.4 Å². The third-order valence-corrected chi connectivity index (χ3v) is 8.29. The van der Waals surface area contributed by atoms with E-state index in [0.717, 1.165) is 61.6 Å². The van der Waals surface area contributed by atoms with Crippen LogP contribution < -0.4 is 10.2 Å². The number of carbonyl (C=O) groups excluding carboxylic acids is 1. The Bertz CT molecular complexity index is 1450. The number of ether oxygens (including phenoxy) is 1. The summed E-state index contributed by atoms with van der Waals surface area (Å²) in [6.07, 6.45) is 2.50. The van der Waals surface area contributed by atoms with Crippen LogP contribution in [0.25, 0.3) is 22.2 Å². The molecule has 7 nitrogen and oxygen atoms in total. The molecule has 0 unspecified atom stereocenters. The Morgan fingerprint density at radius 2 is 1.76 bits per heavy atom. The molecule has 7 rings (SSSR count). The number of piperazine rings is 1. The zero-order valence-electron chi connectivity index (χ0n) is 21.5. The first-order valence-corrected chi connectivity index (χ1v) is 13.7. The first-order valence-electron chi connectivity index (χ1n) is 13.7. The molecule has 1 aliphatic carbocycles. The number of rotatable bonds is 7. The Kier molecular flexibility index (Phi) is 6.10. The van der Waals surface area contributed by atoms with Crippen molar-refractivity contribution in [2.45, 2.75) is 31.3 Å². The highest BCUT2D eigenvalue weighted by molar-refractivity contribution is 6.01. The Labute approximate surface area is 222 Å². The number of nitrogens with one attached hydrogen (secondary N) is 2.